The normalized spacial score (nSPS) is 16.0. The predicted octanol–water partition coefficient (Wildman–Crippen LogP) is 6.27. The first-order valence-corrected chi connectivity index (χ1v) is 12.2. The Kier molecular flexibility index (Phi) is 7.43. The van der Waals surface area contributed by atoms with Crippen molar-refractivity contribution in [3.05, 3.63) is 65.1 Å². The maximum absolute atomic E-state index is 13.3. The van der Waals surface area contributed by atoms with Gasteiger partial charge in [-0.1, -0.05) is 12.1 Å². The fourth-order valence-corrected chi connectivity index (χ4v) is 4.80. The Morgan fingerprint density at radius 3 is 2.32 bits per heavy atom. The molecule has 176 valence electrons. The third kappa shape index (κ3) is 4.89. The van der Waals surface area contributed by atoms with Crippen LogP contribution in [0.2, 0.25) is 0 Å². The van der Waals surface area contributed by atoms with E-state index in [0.29, 0.717) is 29.8 Å². The number of aliphatic imine (C=N–C) groups is 1. The monoisotopic (exact) mass is 476 g/mol. The number of benzene rings is 3. The standard InChI is InChI=1S/C27H28N2O4S/c1-5-29-26(30)25(34-27(29)28-19-10-13-20(31-4)14-11-19)17-23-22-16-21(32-6-2)12-8-18(22)9-15-24(23)33-7-3/h8-17H,5-7H2,1-4H3. The summed E-state index contributed by atoms with van der Waals surface area (Å²) in [5.74, 6) is 2.21. The maximum Gasteiger partial charge on any atom is 0.266 e. The molecule has 0 radical (unpaired) electrons. The second-order valence-corrected chi connectivity index (χ2v) is 8.49. The summed E-state index contributed by atoms with van der Waals surface area (Å²) in [7, 11) is 1.63. The Morgan fingerprint density at radius 1 is 0.941 bits per heavy atom. The average Bonchev–Trinajstić information content (AvgIpc) is 3.15. The number of carbonyl (C=O) groups excluding carboxylic acids is 1. The fourth-order valence-electron chi connectivity index (χ4n) is 3.76. The average molecular weight is 477 g/mol. The Hall–Kier alpha value is -3.45. The summed E-state index contributed by atoms with van der Waals surface area (Å²) in [6.07, 6.45) is 1.91. The number of amides is 1. The number of rotatable bonds is 8. The molecule has 7 heteroatoms. The van der Waals surface area contributed by atoms with Crippen molar-refractivity contribution in [1.29, 1.82) is 0 Å². The summed E-state index contributed by atoms with van der Waals surface area (Å²) in [6, 6.07) is 17.4. The zero-order valence-electron chi connectivity index (χ0n) is 19.8. The highest BCUT2D eigenvalue weighted by Crippen LogP contribution is 2.38. The minimum Gasteiger partial charge on any atom is -0.497 e. The van der Waals surface area contributed by atoms with E-state index in [-0.39, 0.29) is 5.91 Å². The Balaban J connectivity index is 1.78. The van der Waals surface area contributed by atoms with Gasteiger partial charge >= 0.3 is 0 Å². The fraction of sp³-hybridized carbons (Fsp3) is 0.259. The number of ether oxygens (including phenoxy) is 3. The van der Waals surface area contributed by atoms with Crippen molar-refractivity contribution >= 4 is 45.4 Å². The van der Waals surface area contributed by atoms with E-state index in [4.69, 9.17) is 19.2 Å². The highest BCUT2D eigenvalue weighted by Gasteiger charge is 2.32. The lowest BCUT2D eigenvalue weighted by atomic mass is 10.0. The van der Waals surface area contributed by atoms with E-state index in [0.717, 1.165) is 39.3 Å². The van der Waals surface area contributed by atoms with E-state index in [9.17, 15) is 4.79 Å². The highest BCUT2D eigenvalue weighted by molar-refractivity contribution is 8.18. The van der Waals surface area contributed by atoms with Gasteiger partial charge in [0.25, 0.3) is 5.91 Å². The van der Waals surface area contributed by atoms with Crippen LogP contribution in [0.1, 0.15) is 26.3 Å². The molecule has 0 aliphatic carbocycles. The molecule has 0 spiro atoms. The van der Waals surface area contributed by atoms with Crippen LogP contribution in [0.25, 0.3) is 16.8 Å². The first-order valence-electron chi connectivity index (χ1n) is 11.3. The van der Waals surface area contributed by atoms with Gasteiger partial charge in [0.05, 0.1) is 30.9 Å². The third-order valence-electron chi connectivity index (χ3n) is 5.38. The Morgan fingerprint density at radius 2 is 1.65 bits per heavy atom. The number of thioether (sulfide) groups is 1. The van der Waals surface area contributed by atoms with Crippen LogP contribution < -0.4 is 14.2 Å². The second-order valence-electron chi connectivity index (χ2n) is 7.48. The van der Waals surface area contributed by atoms with Crippen molar-refractivity contribution in [2.24, 2.45) is 4.99 Å². The number of fused-ring (bicyclic) bond motifs is 1. The lowest BCUT2D eigenvalue weighted by molar-refractivity contribution is -0.122. The molecule has 1 aliphatic rings. The summed E-state index contributed by atoms with van der Waals surface area (Å²) in [6.45, 7) is 7.49. The van der Waals surface area contributed by atoms with Crippen LogP contribution in [-0.4, -0.2) is 42.8 Å². The number of hydrogen-bond acceptors (Lipinski definition) is 6. The predicted molar refractivity (Wildman–Crippen MR) is 139 cm³/mol. The molecule has 3 aromatic carbocycles. The number of carbonyl (C=O) groups is 1. The molecular weight excluding hydrogens is 448 g/mol. The molecule has 3 aromatic rings. The molecule has 1 amide bonds. The first kappa shape index (κ1) is 23.7. The number of methoxy groups -OCH3 is 1. The minimum atomic E-state index is -0.0693. The Labute approximate surface area is 204 Å². The summed E-state index contributed by atoms with van der Waals surface area (Å²) in [4.78, 5) is 20.3. The highest BCUT2D eigenvalue weighted by atomic mass is 32.2. The minimum absolute atomic E-state index is 0.0693. The van der Waals surface area contributed by atoms with Crippen molar-refractivity contribution < 1.29 is 19.0 Å². The second kappa shape index (κ2) is 10.7. The number of nitrogens with zero attached hydrogens (tertiary/aromatic N) is 2. The van der Waals surface area contributed by atoms with Gasteiger partial charge in [0.2, 0.25) is 0 Å². The van der Waals surface area contributed by atoms with Crippen LogP contribution in [0.4, 0.5) is 5.69 Å². The molecule has 0 atom stereocenters. The van der Waals surface area contributed by atoms with Gasteiger partial charge in [0.15, 0.2) is 5.17 Å². The van der Waals surface area contributed by atoms with Crippen molar-refractivity contribution in [1.82, 2.24) is 4.90 Å². The topological polar surface area (TPSA) is 60.4 Å². The molecule has 1 heterocycles. The SMILES string of the molecule is CCOc1ccc2ccc(OCC)c(C=C3SC(=Nc4ccc(OC)cc4)N(CC)C3=O)c2c1. The van der Waals surface area contributed by atoms with Gasteiger partial charge in [-0.2, -0.15) is 0 Å². The molecule has 1 saturated heterocycles. The van der Waals surface area contributed by atoms with E-state index in [1.165, 1.54) is 11.8 Å². The van der Waals surface area contributed by atoms with Gasteiger partial charge in [-0.05, 0) is 91.8 Å². The first-order chi connectivity index (χ1) is 16.6. The summed E-state index contributed by atoms with van der Waals surface area (Å²) >= 11 is 1.37. The zero-order valence-corrected chi connectivity index (χ0v) is 20.6. The quantitative estimate of drug-likeness (QED) is 0.359. The van der Waals surface area contributed by atoms with Crippen LogP contribution in [0.15, 0.2) is 64.5 Å². The van der Waals surface area contributed by atoms with Gasteiger partial charge in [-0.25, -0.2) is 4.99 Å². The smallest absolute Gasteiger partial charge is 0.266 e. The van der Waals surface area contributed by atoms with Crippen molar-refractivity contribution in [3.8, 4) is 17.2 Å². The molecule has 0 bridgehead atoms. The molecule has 1 fully saturated rings. The third-order valence-corrected chi connectivity index (χ3v) is 6.39. The van der Waals surface area contributed by atoms with Gasteiger partial charge < -0.3 is 14.2 Å². The van der Waals surface area contributed by atoms with Crippen LogP contribution in [0.3, 0.4) is 0 Å². The lowest BCUT2D eigenvalue weighted by Gasteiger charge is -2.13. The molecule has 1 aliphatic heterocycles. The molecular formula is C27H28N2O4S. The summed E-state index contributed by atoms with van der Waals surface area (Å²) in [5.41, 5.74) is 1.62. The number of likely N-dealkylation sites (N-methyl/N-ethyl adjacent to an activating group) is 1. The summed E-state index contributed by atoms with van der Waals surface area (Å²) < 4.78 is 16.9. The van der Waals surface area contributed by atoms with Crippen LogP contribution in [0.5, 0.6) is 17.2 Å². The van der Waals surface area contributed by atoms with Crippen molar-refractivity contribution in [2.45, 2.75) is 20.8 Å². The molecule has 34 heavy (non-hydrogen) atoms. The van der Waals surface area contributed by atoms with Crippen LogP contribution >= 0.6 is 11.8 Å². The molecule has 0 unspecified atom stereocenters. The van der Waals surface area contributed by atoms with Crippen LogP contribution in [0, 0.1) is 0 Å². The Bertz CT molecular complexity index is 1250. The largest absolute Gasteiger partial charge is 0.497 e. The lowest BCUT2D eigenvalue weighted by Crippen LogP contribution is -2.28. The van der Waals surface area contributed by atoms with E-state index in [2.05, 4.69) is 0 Å². The van der Waals surface area contributed by atoms with Gasteiger partial charge in [-0.3, -0.25) is 9.69 Å². The number of amidine groups is 1. The molecule has 6 nitrogen and oxygen atoms in total. The molecule has 0 saturated carbocycles. The molecule has 0 aromatic heterocycles. The van der Waals surface area contributed by atoms with Gasteiger partial charge in [0, 0.05) is 12.1 Å². The molecule has 4 rings (SSSR count). The van der Waals surface area contributed by atoms with Crippen molar-refractivity contribution in [3.63, 3.8) is 0 Å². The van der Waals surface area contributed by atoms with Crippen LogP contribution in [-0.2, 0) is 4.79 Å². The van der Waals surface area contributed by atoms with Crippen molar-refractivity contribution in [2.75, 3.05) is 26.9 Å². The summed E-state index contributed by atoms with van der Waals surface area (Å²) in [5, 5.41) is 2.67. The van der Waals surface area contributed by atoms with E-state index >= 15 is 0 Å². The number of hydrogen-bond donors (Lipinski definition) is 0. The van der Waals surface area contributed by atoms with E-state index in [1.54, 1.807) is 12.0 Å². The van der Waals surface area contributed by atoms with E-state index < -0.39 is 0 Å². The molecule has 0 N–H and O–H groups in total. The maximum atomic E-state index is 13.3. The van der Waals surface area contributed by atoms with E-state index in [1.807, 2.05) is 81.4 Å². The van der Waals surface area contributed by atoms with Gasteiger partial charge in [-0.15, -0.1) is 0 Å². The zero-order chi connectivity index (χ0) is 24.1. The van der Waals surface area contributed by atoms with Gasteiger partial charge in [0.1, 0.15) is 17.2 Å².